The number of amides is 1. The van der Waals surface area contributed by atoms with Crippen molar-refractivity contribution in [3.8, 4) is 5.75 Å². The molecular weight excluding hydrogens is 240 g/mol. The number of benzene rings is 1. The van der Waals surface area contributed by atoms with Gasteiger partial charge in [0.05, 0.1) is 24.2 Å². The normalized spacial score (nSPS) is 11.7. The largest absolute Gasteiger partial charge is 0.490 e. The molecule has 1 amide bonds. The van der Waals surface area contributed by atoms with Crippen molar-refractivity contribution >= 4 is 11.6 Å². The van der Waals surface area contributed by atoms with Crippen molar-refractivity contribution in [2.45, 2.75) is 13.0 Å². The molecule has 0 unspecified atom stereocenters. The van der Waals surface area contributed by atoms with Crippen molar-refractivity contribution in [2.75, 3.05) is 13.7 Å². The van der Waals surface area contributed by atoms with Crippen LogP contribution in [0.15, 0.2) is 18.2 Å². The Kier molecular flexibility index (Phi) is 4.61. The molecule has 2 N–H and O–H groups in total. The lowest BCUT2D eigenvalue weighted by molar-refractivity contribution is -0.385. The van der Waals surface area contributed by atoms with Crippen LogP contribution < -0.4 is 10.1 Å². The Labute approximate surface area is 104 Å². The van der Waals surface area contributed by atoms with Crippen molar-refractivity contribution < 1.29 is 19.6 Å². The Balaban J connectivity index is 3.12. The maximum Gasteiger partial charge on any atom is 0.311 e. The highest BCUT2D eigenvalue weighted by Gasteiger charge is 2.22. The summed E-state index contributed by atoms with van der Waals surface area (Å²) in [5, 5.41) is 22.1. The average Bonchev–Trinajstić information content (AvgIpc) is 2.37. The van der Waals surface area contributed by atoms with E-state index < -0.39 is 16.9 Å². The first-order valence-electron chi connectivity index (χ1n) is 5.24. The van der Waals surface area contributed by atoms with Gasteiger partial charge in [-0.2, -0.15) is 0 Å². The zero-order chi connectivity index (χ0) is 13.7. The molecule has 1 aromatic carbocycles. The maximum atomic E-state index is 11.8. The van der Waals surface area contributed by atoms with Crippen molar-refractivity contribution in [3.63, 3.8) is 0 Å². The van der Waals surface area contributed by atoms with Gasteiger partial charge >= 0.3 is 5.69 Å². The van der Waals surface area contributed by atoms with Gasteiger partial charge in [0, 0.05) is 12.1 Å². The summed E-state index contributed by atoms with van der Waals surface area (Å²) in [5.41, 5.74) is -0.214. The smallest absolute Gasteiger partial charge is 0.311 e. The number of hydrogen-bond donors (Lipinski definition) is 2. The molecular formula is C11H14N2O5. The lowest BCUT2D eigenvalue weighted by Gasteiger charge is -2.12. The third-order valence-electron chi connectivity index (χ3n) is 2.29. The Morgan fingerprint density at radius 1 is 1.61 bits per heavy atom. The minimum Gasteiger partial charge on any atom is -0.490 e. The Morgan fingerprint density at radius 3 is 2.78 bits per heavy atom. The van der Waals surface area contributed by atoms with Gasteiger partial charge in [0.15, 0.2) is 0 Å². The molecule has 0 aliphatic heterocycles. The van der Waals surface area contributed by atoms with E-state index in [-0.39, 0.29) is 23.6 Å². The summed E-state index contributed by atoms with van der Waals surface area (Å²) < 4.78 is 4.91. The summed E-state index contributed by atoms with van der Waals surface area (Å²) in [7, 11) is 1.26. The molecule has 0 aromatic heterocycles. The van der Waals surface area contributed by atoms with Gasteiger partial charge in [-0.05, 0) is 13.0 Å². The first-order valence-corrected chi connectivity index (χ1v) is 5.24. The molecule has 1 aromatic rings. The summed E-state index contributed by atoms with van der Waals surface area (Å²) in [5.74, 6) is -0.623. The number of nitro groups is 1. The van der Waals surface area contributed by atoms with Gasteiger partial charge < -0.3 is 15.2 Å². The highest BCUT2D eigenvalue weighted by molar-refractivity contribution is 5.98. The number of ether oxygens (including phenoxy) is 1. The molecule has 0 saturated carbocycles. The van der Waals surface area contributed by atoms with Crippen LogP contribution in [-0.4, -0.2) is 35.7 Å². The number of aliphatic hydroxyl groups is 1. The lowest BCUT2D eigenvalue weighted by Crippen LogP contribution is -2.35. The van der Waals surface area contributed by atoms with E-state index in [4.69, 9.17) is 9.84 Å². The van der Waals surface area contributed by atoms with Gasteiger partial charge in [-0.25, -0.2) is 0 Å². The number of nitrogens with zero attached hydrogens (tertiary/aromatic N) is 1. The van der Waals surface area contributed by atoms with Crippen LogP contribution in [0, 0.1) is 10.1 Å². The molecule has 0 bridgehead atoms. The van der Waals surface area contributed by atoms with Crippen LogP contribution in [0.3, 0.4) is 0 Å². The fraction of sp³-hybridized carbons (Fsp3) is 0.364. The van der Waals surface area contributed by atoms with Crippen LogP contribution in [0.25, 0.3) is 0 Å². The minimum absolute atomic E-state index is 0.0620. The molecule has 98 valence electrons. The third-order valence-corrected chi connectivity index (χ3v) is 2.29. The molecule has 18 heavy (non-hydrogen) atoms. The van der Waals surface area contributed by atoms with Crippen molar-refractivity contribution in [1.82, 2.24) is 5.32 Å². The summed E-state index contributed by atoms with van der Waals surface area (Å²) >= 11 is 0. The molecule has 0 radical (unpaired) electrons. The summed E-state index contributed by atoms with van der Waals surface area (Å²) in [6.45, 7) is 1.39. The van der Waals surface area contributed by atoms with Gasteiger partial charge in [-0.15, -0.1) is 0 Å². The number of aliphatic hydroxyl groups excluding tert-OH is 1. The number of para-hydroxylation sites is 1. The molecule has 0 fully saturated rings. The second-order valence-electron chi connectivity index (χ2n) is 3.67. The van der Waals surface area contributed by atoms with Crippen LogP contribution in [0.2, 0.25) is 0 Å². The van der Waals surface area contributed by atoms with E-state index in [0.717, 1.165) is 0 Å². The first kappa shape index (κ1) is 13.9. The van der Waals surface area contributed by atoms with E-state index in [1.807, 2.05) is 0 Å². The van der Waals surface area contributed by atoms with Gasteiger partial charge in [-0.1, -0.05) is 6.07 Å². The van der Waals surface area contributed by atoms with Gasteiger partial charge in [0.2, 0.25) is 5.75 Å². The predicted molar refractivity (Wildman–Crippen MR) is 63.7 cm³/mol. The number of nitrogens with one attached hydrogen (secondary N) is 1. The standard InChI is InChI=1S/C11H14N2O5/c1-7(6-14)12-11(15)8-4-3-5-9(13(16)17)10(8)18-2/h3-5,7,14H,6H2,1-2H3,(H,12,15)/t7-/m0/s1. The number of rotatable bonds is 5. The molecule has 0 aliphatic rings. The van der Waals surface area contributed by atoms with Crippen molar-refractivity contribution in [3.05, 3.63) is 33.9 Å². The minimum atomic E-state index is -0.620. The molecule has 0 aliphatic carbocycles. The molecule has 1 atom stereocenters. The van der Waals surface area contributed by atoms with E-state index in [1.54, 1.807) is 6.92 Å². The van der Waals surface area contributed by atoms with Crippen LogP contribution in [-0.2, 0) is 0 Å². The Bertz CT molecular complexity index is 461. The first-order chi connectivity index (χ1) is 8.51. The van der Waals surface area contributed by atoms with Crippen LogP contribution >= 0.6 is 0 Å². The van der Waals surface area contributed by atoms with E-state index in [1.165, 1.54) is 25.3 Å². The second kappa shape index (κ2) is 5.97. The zero-order valence-corrected chi connectivity index (χ0v) is 10.0. The van der Waals surface area contributed by atoms with Crippen molar-refractivity contribution in [1.29, 1.82) is 0 Å². The number of carbonyl (C=O) groups is 1. The topological polar surface area (TPSA) is 102 Å². The molecule has 0 saturated heterocycles. The zero-order valence-electron chi connectivity index (χ0n) is 10.0. The maximum absolute atomic E-state index is 11.8. The highest BCUT2D eigenvalue weighted by Crippen LogP contribution is 2.30. The number of hydrogen-bond acceptors (Lipinski definition) is 5. The fourth-order valence-electron chi connectivity index (χ4n) is 1.41. The molecule has 7 heteroatoms. The Hall–Kier alpha value is -2.15. The fourth-order valence-corrected chi connectivity index (χ4v) is 1.41. The van der Waals surface area contributed by atoms with Crippen LogP contribution in [0.5, 0.6) is 5.75 Å². The summed E-state index contributed by atoms with van der Waals surface area (Å²) in [4.78, 5) is 22.0. The van der Waals surface area contributed by atoms with E-state index >= 15 is 0 Å². The predicted octanol–water partition coefficient (Wildman–Crippen LogP) is 0.714. The van der Waals surface area contributed by atoms with Crippen LogP contribution in [0.4, 0.5) is 5.69 Å². The number of nitro benzene ring substituents is 1. The average molecular weight is 254 g/mol. The third kappa shape index (κ3) is 2.95. The van der Waals surface area contributed by atoms with Gasteiger partial charge in [0.1, 0.15) is 0 Å². The SMILES string of the molecule is COc1c(C(=O)N[C@@H](C)CO)cccc1[N+](=O)[O-]. The Morgan fingerprint density at radius 2 is 2.28 bits per heavy atom. The monoisotopic (exact) mass is 254 g/mol. The molecule has 7 nitrogen and oxygen atoms in total. The second-order valence-corrected chi connectivity index (χ2v) is 3.67. The van der Waals surface area contributed by atoms with Crippen LogP contribution in [0.1, 0.15) is 17.3 Å². The number of carbonyl (C=O) groups excluding carboxylic acids is 1. The van der Waals surface area contributed by atoms with E-state index in [9.17, 15) is 14.9 Å². The van der Waals surface area contributed by atoms with E-state index in [2.05, 4.69) is 5.32 Å². The lowest BCUT2D eigenvalue weighted by atomic mass is 10.1. The summed E-state index contributed by atoms with van der Waals surface area (Å²) in [6, 6.07) is 3.64. The molecule has 0 spiro atoms. The van der Waals surface area contributed by atoms with Crippen molar-refractivity contribution in [2.24, 2.45) is 0 Å². The van der Waals surface area contributed by atoms with E-state index in [0.29, 0.717) is 0 Å². The highest BCUT2D eigenvalue weighted by atomic mass is 16.6. The van der Waals surface area contributed by atoms with Gasteiger partial charge in [-0.3, -0.25) is 14.9 Å². The number of methoxy groups -OCH3 is 1. The van der Waals surface area contributed by atoms with Gasteiger partial charge in [0.25, 0.3) is 5.91 Å². The molecule has 1 rings (SSSR count). The molecule has 0 heterocycles. The quantitative estimate of drug-likeness (QED) is 0.595. The summed E-state index contributed by atoms with van der Waals surface area (Å²) in [6.07, 6.45) is 0.